The molecule has 2 heterocycles. The molecule has 6 rings (SSSR count). The molecule has 0 fully saturated rings. The van der Waals surface area contributed by atoms with Gasteiger partial charge in [0.15, 0.2) is 0 Å². The Kier molecular flexibility index (Phi) is 7.77. The molecule has 220 valence electrons. The lowest BCUT2D eigenvalue weighted by atomic mass is 9.96. The van der Waals surface area contributed by atoms with Crippen LogP contribution in [0.4, 0.5) is 5.69 Å². The minimum absolute atomic E-state index is 0.302. The van der Waals surface area contributed by atoms with Gasteiger partial charge in [0.1, 0.15) is 24.7 Å². The molecule has 2 amide bonds. The van der Waals surface area contributed by atoms with Crippen LogP contribution in [-0.4, -0.2) is 28.7 Å². The summed E-state index contributed by atoms with van der Waals surface area (Å²) in [6.45, 7) is 4.54. The monoisotopic (exact) mass is 583 g/mol. The number of nitrogens with two attached hydrogens (primary N) is 1. The van der Waals surface area contributed by atoms with Crippen LogP contribution in [0.5, 0.6) is 11.5 Å². The number of amides is 2. The molecule has 0 saturated heterocycles. The lowest BCUT2D eigenvalue weighted by Gasteiger charge is -2.11. The molecular weight excluding hydrogens is 550 g/mol. The van der Waals surface area contributed by atoms with Crippen molar-refractivity contribution in [1.29, 1.82) is 0 Å². The Morgan fingerprint density at radius 1 is 0.818 bits per heavy atom. The summed E-state index contributed by atoms with van der Waals surface area (Å²) in [5.41, 5.74) is 13.9. The molecule has 44 heavy (non-hydrogen) atoms. The van der Waals surface area contributed by atoms with Crippen LogP contribution in [0, 0.1) is 0 Å². The van der Waals surface area contributed by atoms with E-state index in [-0.39, 0.29) is 11.8 Å². The lowest BCUT2D eigenvalue weighted by molar-refractivity contribution is -0.135. The summed E-state index contributed by atoms with van der Waals surface area (Å²) in [4.78, 5) is 30.7. The van der Waals surface area contributed by atoms with Gasteiger partial charge in [0.05, 0.1) is 11.1 Å². The Balaban J connectivity index is 1.36. The number of fused-ring (bicyclic) bond motifs is 1. The minimum Gasteiger partial charge on any atom is -0.489 e. The van der Waals surface area contributed by atoms with E-state index in [1.807, 2.05) is 110 Å². The summed E-state index contributed by atoms with van der Waals surface area (Å²) in [5.74, 6) is 0.734. The number of H-pyrrole nitrogens is 1. The molecule has 0 spiro atoms. The predicted molar refractivity (Wildman–Crippen MR) is 175 cm³/mol. The SMILES string of the molecule is CC1=C(c2c(/C=C(\C)c3ccc(OCc4ccccc4)cc3N)[nH]c3cc(OCc4ccccc4)ccc23)C(=O)N(C)C1=O. The van der Waals surface area contributed by atoms with Crippen LogP contribution in [0.3, 0.4) is 0 Å². The quantitative estimate of drug-likeness (QED) is 0.141. The first-order valence-corrected chi connectivity index (χ1v) is 14.4. The first-order valence-electron chi connectivity index (χ1n) is 14.4. The summed E-state index contributed by atoms with van der Waals surface area (Å²) in [6, 6.07) is 31.3. The van der Waals surface area contributed by atoms with Crippen molar-refractivity contribution in [2.75, 3.05) is 12.8 Å². The van der Waals surface area contributed by atoms with Crippen LogP contribution in [0.15, 0.2) is 103 Å². The van der Waals surface area contributed by atoms with Crippen molar-refractivity contribution in [1.82, 2.24) is 9.88 Å². The molecule has 1 aliphatic rings. The van der Waals surface area contributed by atoms with Crippen molar-refractivity contribution in [3.63, 3.8) is 0 Å². The van der Waals surface area contributed by atoms with Crippen LogP contribution in [0.25, 0.3) is 28.1 Å². The molecule has 0 radical (unpaired) electrons. The van der Waals surface area contributed by atoms with E-state index in [1.165, 1.54) is 7.05 Å². The number of hydrogen-bond acceptors (Lipinski definition) is 5. The Hall–Kier alpha value is -5.56. The summed E-state index contributed by atoms with van der Waals surface area (Å²) in [6.07, 6.45) is 1.96. The fourth-order valence-electron chi connectivity index (χ4n) is 5.50. The second-order valence-electron chi connectivity index (χ2n) is 10.9. The number of hydrogen-bond donors (Lipinski definition) is 2. The maximum absolute atomic E-state index is 13.3. The van der Waals surface area contributed by atoms with Gasteiger partial charge in [0, 0.05) is 52.6 Å². The molecule has 0 unspecified atom stereocenters. The zero-order valence-electron chi connectivity index (χ0n) is 24.9. The van der Waals surface area contributed by atoms with Crippen LogP contribution in [0.2, 0.25) is 0 Å². The van der Waals surface area contributed by atoms with E-state index < -0.39 is 0 Å². The molecule has 0 atom stereocenters. The highest BCUT2D eigenvalue weighted by molar-refractivity contribution is 6.37. The average Bonchev–Trinajstić information content (AvgIpc) is 3.47. The van der Waals surface area contributed by atoms with E-state index in [2.05, 4.69) is 4.98 Å². The first-order chi connectivity index (χ1) is 21.3. The zero-order valence-corrected chi connectivity index (χ0v) is 24.9. The fourth-order valence-corrected chi connectivity index (χ4v) is 5.50. The number of aromatic nitrogens is 1. The summed E-state index contributed by atoms with van der Waals surface area (Å²) >= 11 is 0. The fraction of sp³-hybridized carbons (Fsp3) is 0.135. The molecule has 1 aliphatic heterocycles. The van der Waals surface area contributed by atoms with E-state index >= 15 is 0 Å². The highest BCUT2D eigenvalue weighted by Gasteiger charge is 2.36. The van der Waals surface area contributed by atoms with E-state index in [4.69, 9.17) is 15.2 Å². The standard InChI is InChI=1S/C37H33N3O4/c1-23(29-16-14-27(19-31(29)38)43-21-25-10-6-4-7-11-25)18-33-35(34-24(2)36(41)40(3)37(34)42)30-17-15-28(20-32(30)39-33)44-22-26-12-8-5-9-13-26/h4-20,39H,21-22,38H2,1-3H3/b23-18+. The van der Waals surface area contributed by atoms with Crippen molar-refractivity contribution in [2.24, 2.45) is 0 Å². The molecule has 0 saturated carbocycles. The molecule has 7 heteroatoms. The third kappa shape index (κ3) is 5.60. The van der Waals surface area contributed by atoms with Crippen molar-refractivity contribution < 1.29 is 19.1 Å². The number of nitrogen functional groups attached to an aromatic ring is 1. The zero-order chi connectivity index (χ0) is 30.8. The van der Waals surface area contributed by atoms with E-state index in [1.54, 1.807) is 6.92 Å². The molecule has 5 aromatic rings. The first kappa shape index (κ1) is 28.6. The number of allylic oxidation sites excluding steroid dienone is 1. The number of nitrogens with zero attached hydrogens (tertiary/aromatic N) is 1. The van der Waals surface area contributed by atoms with Crippen LogP contribution in [0.1, 0.15) is 41.8 Å². The van der Waals surface area contributed by atoms with Gasteiger partial charge in [-0.3, -0.25) is 14.5 Å². The van der Waals surface area contributed by atoms with Gasteiger partial charge in [-0.1, -0.05) is 60.7 Å². The summed E-state index contributed by atoms with van der Waals surface area (Å²) in [5, 5.41) is 0.819. The number of nitrogens with one attached hydrogen (secondary N) is 1. The van der Waals surface area contributed by atoms with E-state index in [9.17, 15) is 9.59 Å². The number of rotatable bonds is 9. The number of carbonyl (C=O) groups is 2. The third-order valence-electron chi connectivity index (χ3n) is 7.87. The Morgan fingerprint density at radius 3 is 1.98 bits per heavy atom. The number of aromatic amines is 1. The minimum atomic E-state index is -0.329. The predicted octanol–water partition coefficient (Wildman–Crippen LogP) is 7.24. The van der Waals surface area contributed by atoms with Gasteiger partial charge >= 0.3 is 0 Å². The van der Waals surface area contributed by atoms with Crippen LogP contribution >= 0.6 is 0 Å². The van der Waals surface area contributed by atoms with Gasteiger partial charge in [-0.15, -0.1) is 0 Å². The van der Waals surface area contributed by atoms with Crippen molar-refractivity contribution >= 4 is 45.6 Å². The van der Waals surface area contributed by atoms with Gasteiger partial charge < -0.3 is 20.2 Å². The third-order valence-corrected chi connectivity index (χ3v) is 7.87. The van der Waals surface area contributed by atoms with Gasteiger partial charge in [-0.25, -0.2) is 0 Å². The summed E-state index contributed by atoms with van der Waals surface area (Å²) < 4.78 is 12.0. The van der Waals surface area contributed by atoms with Crippen LogP contribution in [-0.2, 0) is 22.8 Å². The summed E-state index contributed by atoms with van der Waals surface area (Å²) in [7, 11) is 1.51. The van der Waals surface area contributed by atoms with E-state index in [0.717, 1.165) is 38.1 Å². The van der Waals surface area contributed by atoms with Crippen molar-refractivity contribution in [2.45, 2.75) is 27.1 Å². The topological polar surface area (TPSA) is 97.7 Å². The molecule has 0 bridgehead atoms. The number of likely N-dealkylation sites (N-methyl/N-ethyl adjacent to an activating group) is 1. The number of imide groups is 1. The highest BCUT2D eigenvalue weighted by atomic mass is 16.5. The van der Waals surface area contributed by atoms with Crippen molar-refractivity contribution in [3.05, 3.63) is 131 Å². The normalized spacial score (nSPS) is 13.7. The van der Waals surface area contributed by atoms with Gasteiger partial charge in [-0.2, -0.15) is 0 Å². The van der Waals surface area contributed by atoms with Crippen LogP contribution < -0.4 is 15.2 Å². The Bertz CT molecular complexity index is 1940. The molecule has 3 N–H and O–H groups in total. The molecule has 4 aromatic carbocycles. The lowest BCUT2D eigenvalue weighted by Crippen LogP contribution is -2.26. The number of anilines is 1. The maximum Gasteiger partial charge on any atom is 0.261 e. The highest BCUT2D eigenvalue weighted by Crippen LogP contribution is 2.39. The Morgan fingerprint density at radius 2 is 1.41 bits per heavy atom. The maximum atomic E-state index is 13.3. The Labute approximate surface area is 256 Å². The number of ether oxygens (including phenoxy) is 2. The molecular formula is C37H33N3O4. The number of carbonyl (C=O) groups excluding carboxylic acids is 2. The molecule has 7 nitrogen and oxygen atoms in total. The van der Waals surface area contributed by atoms with Crippen molar-refractivity contribution in [3.8, 4) is 11.5 Å². The average molecular weight is 584 g/mol. The second kappa shape index (κ2) is 12.0. The molecule has 0 aliphatic carbocycles. The van der Waals surface area contributed by atoms with Gasteiger partial charge in [0.25, 0.3) is 11.8 Å². The smallest absolute Gasteiger partial charge is 0.261 e. The number of benzene rings is 4. The second-order valence-corrected chi connectivity index (χ2v) is 10.9. The van der Waals surface area contributed by atoms with Gasteiger partial charge in [0.2, 0.25) is 0 Å². The largest absolute Gasteiger partial charge is 0.489 e. The van der Waals surface area contributed by atoms with Gasteiger partial charge in [-0.05, 0) is 60.9 Å². The molecule has 1 aromatic heterocycles. The van der Waals surface area contributed by atoms with E-state index in [0.29, 0.717) is 52.8 Å².